The van der Waals surface area contributed by atoms with Crippen molar-refractivity contribution >= 4 is 5.82 Å². The van der Waals surface area contributed by atoms with Crippen LogP contribution < -0.4 is 5.73 Å². The minimum Gasteiger partial charge on any atom is -0.381 e. The van der Waals surface area contributed by atoms with Gasteiger partial charge in [0.05, 0.1) is 0 Å². The van der Waals surface area contributed by atoms with Crippen molar-refractivity contribution in [2.75, 3.05) is 5.73 Å². The van der Waals surface area contributed by atoms with Gasteiger partial charge in [-0.05, 0) is 12.8 Å². The van der Waals surface area contributed by atoms with Gasteiger partial charge in [-0.1, -0.05) is 31.8 Å². The van der Waals surface area contributed by atoms with E-state index in [2.05, 4.69) is 19.0 Å². The van der Waals surface area contributed by atoms with Gasteiger partial charge in [0.2, 0.25) is 0 Å². The minimum atomic E-state index is 0.577. The second kappa shape index (κ2) is 4.90. The van der Waals surface area contributed by atoms with Crippen LogP contribution in [-0.4, -0.2) is 5.16 Å². The SMILES string of the molecule is CCCCc1onc(N)c1CCC. The summed E-state index contributed by atoms with van der Waals surface area (Å²) in [5.41, 5.74) is 6.82. The Hall–Kier alpha value is -0.990. The number of aromatic nitrogens is 1. The lowest BCUT2D eigenvalue weighted by Gasteiger charge is -1.98. The van der Waals surface area contributed by atoms with E-state index in [4.69, 9.17) is 10.3 Å². The maximum Gasteiger partial charge on any atom is 0.170 e. The number of unbranched alkanes of at least 4 members (excludes halogenated alkanes) is 1. The number of hydrogen-bond acceptors (Lipinski definition) is 3. The molecule has 0 unspecified atom stereocenters. The molecule has 1 rings (SSSR count). The van der Waals surface area contributed by atoms with Crippen molar-refractivity contribution < 1.29 is 4.52 Å². The third-order valence-corrected chi connectivity index (χ3v) is 2.16. The Labute approximate surface area is 79.3 Å². The molecule has 0 saturated heterocycles. The summed E-state index contributed by atoms with van der Waals surface area (Å²) in [4.78, 5) is 0. The van der Waals surface area contributed by atoms with Crippen LogP contribution in [0.15, 0.2) is 4.52 Å². The smallest absolute Gasteiger partial charge is 0.170 e. The van der Waals surface area contributed by atoms with E-state index < -0.39 is 0 Å². The Kier molecular flexibility index (Phi) is 3.80. The van der Waals surface area contributed by atoms with E-state index in [9.17, 15) is 0 Å². The summed E-state index contributed by atoms with van der Waals surface area (Å²) in [6.45, 7) is 4.30. The van der Waals surface area contributed by atoms with Crippen molar-refractivity contribution in [3.63, 3.8) is 0 Å². The summed E-state index contributed by atoms with van der Waals surface area (Å²) in [6, 6.07) is 0. The third kappa shape index (κ3) is 2.47. The Morgan fingerprint density at radius 2 is 2.00 bits per heavy atom. The normalized spacial score (nSPS) is 10.6. The van der Waals surface area contributed by atoms with Crippen LogP contribution in [-0.2, 0) is 12.8 Å². The van der Waals surface area contributed by atoms with Gasteiger partial charge in [-0.3, -0.25) is 0 Å². The molecule has 0 bridgehead atoms. The summed E-state index contributed by atoms with van der Waals surface area (Å²) < 4.78 is 5.18. The molecule has 0 saturated carbocycles. The first kappa shape index (κ1) is 10.1. The molecule has 0 aliphatic heterocycles. The second-order valence-electron chi connectivity index (χ2n) is 3.32. The molecule has 0 fully saturated rings. The Morgan fingerprint density at radius 3 is 2.62 bits per heavy atom. The predicted molar refractivity (Wildman–Crippen MR) is 53.5 cm³/mol. The predicted octanol–water partition coefficient (Wildman–Crippen LogP) is 2.55. The molecule has 1 heterocycles. The van der Waals surface area contributed by atoms with E-state index in [1.165, 1.54) is 6.42 Å². The molecule has 13 heavy (non-hydrogen) atoms. The van der Waals surface area contributed by atoms with Crippen molar-refractivity contribution in [1.82, 2.24) is 5.16 Å². The van der Waals surface area contributed by atoms with Crippen LogP contribution in [0.25, 0.3) is 0 Å². The highest BCUT2D eigenvalue weighted by atomic mass is 16.5. The van der Waals surface area contributed by atoms with Crippen LogP contribution in [0.1, 0.15) is 44.4 Å². The summed E-state index contributed by atoms with van der Waals surface area (Å²) in [5.74, 6) is 1.56. The molecule has 0 aliphatic carbocycles. The summed E-state index contributed by atoms with van der Waals surface area (Å²) in [5, 5.41) is 3.79. The third-order valence-electron chi connectivity index (χ3n) is 2.16. The lowest BCUT2D eigenvalue weighted by atomic mass is 10.1. The molecule has 3 heteroatoms. The van der Waals surface area contributed by atoms with Crippen LogP contribution in [0.2, 0.25) is 0 Å². The fourth-order valence-electron chi connectivity index (χ4n) is 1.41. The molecule has 0 aromatic carbocycles. The zero-order valence-electron chi connectivity index (χ0n) is 8.47. The zero-order valence-corrected chi connectivity index (χ0v) is 8.47. The highest BCUT2D eigenvalue weighted by Gasteiger charge is 2.11. The van der Waals surface area contributed by atoms with E-state index in [0.29, 0.717) is 5.82 Å². The molecule has 3 nitrogen and oxygen atoms in total. The van der Waals surface area contributed by atoms with Crippen LogP contribution in [0, 0.1) is 0 Å². The van der Waals surface area contributed by atoms with Crippen molar-refractivity contribution in [2.24, 2.45) is 0 Å². The minimum absolute atomic E-state index is 0.577. The van der Waals surface area contributed by atoms with Crippen LogP contribution >= 0.6 is 0 Å². The van der Waals surface area contributed by atoms with Gasteiger partial charge < -0.3 is 10.3 Å². The zero-order chi connectivity index (χ0) is 9.68. The molecule has 1 aromatic rings. The standard InChI is InChI=1S/C10H18N2O/c1-3-5-7-9-8(6-4-2)10(11)12-13-9/h3-7H2,1-2H3,(H2,11,12). The van der Waals surface area contributed by atoms with E-state index in [0.717, 1.165) is 37.0 Å². The number of aryl methyl sites for hydroxylation is 1. The van der Waals surface area contributed by atoms with Gasteiger partial charge in [0.15, 0.2) is 5.82 Å². The molecule has 0 radical (unpaired) electrons. The fraction of sp³-hybridized carbons (Fsp3) is 0.700. The lowest BCUT2D eigenvalue weighted by Crippen LogP contribution is -1.94. The Balaban J connectivity index is 2.68. The first-order valence-corrected chi connectivity index (χ1v) is 5.02. The summed E-state index contributed by atoms with van der Waals surface area (Å²) in [7, 11) is 0. The quantitative estimate of drug-likeness (QED) is 0.761. The average Bonchev–Trinajstić information content (AvgIpc) is 2.46. The van der Waals surface area contributed by atoms with E-state index in [1.807, 2.05) is 0 Å². The monoisotopic (exact) mass is 182 g/mol. The average molecular weight is 182 g/mol. The Bertz CT molecular complexity index is 255. The van der Waals surface area contributed by atoms with Crippen molar-refractivity contribution in [3.8, 4) is 0 Å². The molecule has 0 amide bonds. The van der Waals surface area contributed by atoms with Crippen molar-refractivity contribution in [3.05, 3.63) is 11.3 Å². The largest absolute Gasteiger partial charge is 0.381 e. The summed E-state index contributed by atoms with van der Waals surface area (Å²) >= 11 is 0. The van der Waals surface area contributed by atoms with Gasteiger partial charge >= 0.3 is 0 Å². The number of anilines is 1. The maximum atomic E-state index is 5.69. The van der Waals surface area contributed by atoms with E-state index in [1.54, 1.807) is 0 Å². The van der Waals surface area contributed by atoms with Crippen molar-refractivity contribution in [1.29, 1.82) is 0 Å². The maximum absolute atomic E-state index is 5.69. The lowest BCUT2D eigenvalue weighted by molar-refractivity contribution is 0.381. The van der Waals surface area contributed by atoms with Crippen LogP contribution in [0.3, 0.4) is 0 Å². The van der Waals surface area contributed by atoms with Gasteiger partial charge in [-0.25, -0.2) is 0 Å². The topological polar surface area (TPSA) is 52.0 Å². The molecule has 0 atom stereocenters. The number of nitrogen functional groups attached to an aromatic ring is 1. The van der Waals surface area contributed by atoms with Crippen LogP contribution in [0.4, 0.5) is 5.82 Å². The molecular formula is C10H18N2O. The molecule has 0 aliphatic rings. The fourth-order valence-corrected chi connectivity index (χ4v) is 1.41. The first-order valence-electron chi connectivity index (χ1n) is 5.02. The van der Waals surface area contributed by atoms with Gasteiger partial charge in [0.1, 0.15) is 5.76 Å². The van der Waals surface area contributed by atoms with Gasteiger partial charge in [-0.15, -0.1) is 0 Å². The number of nitrogens with zero attached hydrogens (tertiary/aromatic N) is 1. The summed E-state index contributed by atoms with van der Waals surface area (Å²) in [6.07, 6.45) is 5.35. The van der Waals surface area contributed by atoms with Gasteiger partial charge in [0.25, 0.3) is 0 Å². The number of rotatable bonds is 5. The molecule has 1 aromatic heterocycles. The van der Waals surface area contributed by atoms with Crippen LogP contribution in [0.5, 0.6) is 0 Å². The van der Waals surface area contributed by atoms with Gasteiger partial charge in [0, 0.05) is 12.0 Å². The Morgan fingerprint density at radius 1 is 1.23 bits per heavy atom. The first-order chi connectivity index (χ1) is 6.29. The molecule has 74 valence electrons. The number of nitrogens with two attached hydrogens (primary N) is 1. The van der Waals surface area contributed by atoms with Gasteiger partial charge in [-0.2, -0.15) is 0 Å². The molecule has 0 spiro atoms. The molecule has 2 N–H and O–H groups in total. The highest BCUT2D eigenvalue weighted by Crippen LogP contribution is 2.19. The van der Waals surface area contributed by atoms with E-state index >= 15 is 0 Å². The highest BCUT2D eigenvalue weighted by molar-refractivity contribution is 5.40. The van der Waals surface area contributed by atoms with E-state index in [-0.39, 0.29) is 0 Å². The molecular weight excluding hydrogens is 164 g/mol. The van der Waals surface area contributed by atoms with Crippen molar-refractivity contribution in [2.45, 2.75) is 46.0 Å². The number of hydrogen-bond donors (Lipinski definition) is 1. The second-order valence-corrected chi connectivity index (χ2v) is 3.32.